The maximum Gasteiger partial charge on any atom is 0.435 e. The van der Waals surface area contributed by atoms with Crippen molar-refractivity contribution < 1.29 is 27.5 Å². The molecule has 0 unspecified atom stereocenters. The number of aromatic carboxylic acids is 1. The van der Waals surface area contributed by atoms with Crippen molar-refractivity contribution in [3.63, 3.8) is 0 Å². The highest BCUT2D eigenvalue weighted by molar-refractivity contribution is 5.87. The number of carboxylic acid groups (broad SMARTS) is 1. The minimum absolute atomic E-state index is 0.0662. The second-order valence-corrected chi connectivity index (χ2v) is 5.79. The highest BCUT2D eigenvalue weighted by Gasteiger charge is 2.34. The fourth-order valence-electron chi connectivity index (χ4n) is 2.83. The molecule has 0 radical (unpaired) electrons. The molecule has 130 valence electrons. The minimum Gasteiger partial charge on any atom is -0.478 e. The van der Waals surface area contributed by atoms with Crippen molar-refractivity contribution in [3.05, 3.63) is 41.6 Å². The predicted octanol–water partition coefficient (Wildman–Crippen LogP) is 3.03. The summed E-state index contributed by atoms with van der Waals surface area (Å²) in [6, 6.07) is 2.41. The molecule has 0 amide bonds. The van der Waals surface area contributed by atoms with Crippen molar-refractivity contribution in [2.24, 2.45) is 0 Å². The Morgan fingerprint density at radius 1 is 1.38 bits per heavy atom. The van der Waals surface area contributed by atoms with E-state index in [0.717, 1.165) is 6.07 Å². The maximum atomic E-state index is 12.6. The molecule has 1 aliphatic heterocycles. The molecule has 1 saturated heterocycles. The summed E-state index contributed by atoms with van der Waals surface area (Å²) >= 11 is 0. The van der Waals surface area contributed by atoms with Gasteiger partial charge in [0.15, 0.2) is 5.69 Å². The van der Waals surface area contributed by atoms with Gasteiger partial charge in [-0.05, 0) is 25.0 Å². The molecule has 0 aliphatic carbocycles. The first kappa shape index (κ1) is 16.6. The summed E-state index contributed by atoms with van der Waals surface area (Å²) in [6.07, 6.45) is -0.508. The van der Waals surface area contributed by atoms with Crippen LogP contribution in [-0.2, 0) is 12.7 Å². The molecule has 2 aromatic heterocycles. The van der Waals surface area contributed by atoms with Crippen molar-refractivity contribution in [2.45, 2.75) is 31.6 Å². The fourth-order valence-corrected chi connectivity index (χ4v) is 2.83. The number of hydrogen-bond acceptors (Lipinski definition) is 4. The van der Waals surface area contributed by atoms with Crippen LogP contribution in [0.15, 0.2) is 29.0 Å². The molecule has 3 heterocycles. The molecule has 6 nitrogen and oxygen atoms in total. The van der Waals surface area contributed by atoms with Crippen LogP contribution >= 0.6 is 0 Å². The number of carboxylic acids is 1. The lowest BCUT2D eigenvalue weighted by Gasteiger charge is -2.31. The van der Waals surface area contributed by atoms with E-state index in [-0.39, 0.29) is 11.6 Å². The topological polar surface area (TPSA) is 71.5 Å². The number of furan rings is 1. The number of nitrogens with zero attached hydrogens (tertiary/aromatic N) is 3. The third-order valence-electron chi connectivity index (χ3n) is 4.11. The van der Waals surface area contributed by atoms with Crippen molar-refractivity contribution >= 4 is 5.97 Å². The monoisotopic (exact) mass is 343 g/mol. The van der Waals surface area contributed by atoms with Crippen LogP contribution in [0.2, 0.25) is 0 Å². The van der Waals surface area contributed by atoms with E-state index in [1.807, 2.05) is 0 Å². The molecule has 3 rings (SSSR count). The van der Waals surface area contributed by atoms with Gasteiger partial charge in [-0.1, -0.05) is 0 Å². The molecule has 9 heteroatoms. The lowest BCUT2D eigenvalue weighted by atomic mass is 10.1. The summed E-state index contributed by atoms with van der Waals surface area (Å²) < 4.78 is 44.4. The first-order valence-corrected chi connectivity index (χ1v) is 7.48. The Balaban J connectivity index is 1.55. The standard InChI is InChI=1S/C15H16F3N3O3/c16-15(17,18)13-3-6-21(19-13)11-1-4-20(5-2-11)8-12-7-10(9-24-12)14(22)23/h3,6-7,9,11H,1-2,4-5,8H2,(H,22,23). The van der Waals surface area contributed by atoms with Gasteiger partial charge in [-0.3, -0.25) is 9.58 Å². The Bertz CT molecular complexity index is 715. The normalized spacial score (nSPS) is 17.3. The van der Waals surface area contributed by atoms with Gasteiger partial charge in [-0.15, -0.1) is 0 Å². The number of alkyl halides is 3. The summed E-state index contributed by atoms with van der Waals surface area (Å²) in [5.74, 6) is -0.479. The summed E-state index contributed by atoms with van der Waals surface area (Å²) in [4.78, 5) is 12.9. The molecule has 0 bridgehead atoms. The molecule has 2 aromatic rings. The summed E-state index contributed by atoms with van der Waals surface area (Å²) in [6.45, 7) is 1.83. The Hall–Kier alpha value is -2.29. The second kappa shape index (κ2) is 6.31. The van der Waals surface area contributed by atoms with Gasteiger partial charge in [0.2, 0.25) is 0 Å². The smallest absolute Gasteiger partial charge is 0.435 e. The van der Waals surface area contributed by atoms with E-state index >= 15 is 0 Å². The quantitative estimate of drug-likeness (QED) is 0.924. The fraction of sp³-hybridized carbons (Fsp3) is 0.467. The van der Waals surface area contributed by atoms with E-state index in [2.05, 4.69) is 10.00 Å². The van der Waals surface area contributed by atoms with E-state index in [0.29, 0.717) is 38.2 Å². The number of halogens is 3. The average Bonchev–Trinajstić information content (AvgIpc) is 3.16. The van der Waals surface area contributed by atoms with E-state index in [1.165, 1.54) is 23.2 Å². The average molecular weight is 343 g/mol. The van der Waals surface area contributed by atoms with E-state index < -0.39 is 17.8 Å². The van der Waals surface area contributed by atoms with Gasteiger partial charge in [0.25, 0.3) is 0 Å². The van der Waals surface area contributed by atoms with E-state index in [4.69, 9.17) is 9.52 Å². The number of likely N-dealkylation sites (tertiary alicyclic amines) is 1. The van der Waals surface area contributed by atoms with Crippen molar-refractivity contribution in [3.8, 4) is 0 Å². The first-order valence-electron chi connectivity index (χ1n) is 7.48. The molecule has 1 N–H and O–H groups in total. The number of hydrogen-bond donors (Lipinski definition) is 1. The molecule has 0 atom stereocenters. The second-order valence-electron chi connectivity index (χ2n) is 5.79. The van der Waals surface area contributed by atoms with E-state index in [9.17, 15) is 18.0 Å². The number of piperidine rings is 1. The molecular weight excluding hydrogens is 327 g/mol. The van der Waals surface area contributed by atoms with Crippen LogP contribution in [0.4, 0.5) is 13.2 Å². The van der Waals surface area contributed by atoms with Gasteiger partial charge in [-0.2, -0.15) is 18.3 Å². The number of carbonyl (C=O) groups is 1. The van der Waals surface area contributed by atoms with Crippen LogP contribution < -0.4 is 0 Å². The lowest BCUT2D eigenvalue weighted by Crippen LogP contribution is -2.34. The third kappa shape index (κ3) is 3.61. The Morgan fingerprint density at radius 2 is 2.08 bits per heavy atom. The van der Waals surface area contributed by atoms with Gasteiger partial charge < -0.3 is 9.52 Å². The Labute approximate surface area is 135 Å². The van der Waals surface area contributed by atoms with Crippen LogP contribution in [0.25, 0.3) is 0 Å². The van der Waals surface area contributed by atoms with Crippen molar-refractivity contribution in [1.29, 1.82) is 0 Å². The zero-order valence-electron chi connectivity index (χ0n) is 12.7. The van der Waals surface area contributed by atoms with E-state index in [1.54, 1.807) is 0 Å². The first-order chi connectivity index (χ1) is 11.3. The Kier molecular flexibility index (Phi) is 4.35. The van der Waals surface area contributed by atoms with Gasteiger partial charge in [0, 0.05) is 19.3 Å². The van der Waals surface area contributed by atoms with Gasteiger partial charge in [0.1, 0.15) is 12.0 Å². The highest BCUT2D eigenvalue weighted by atomic mass is 19.4. The molecule has 0 saturated carbocycles. The number of aromatic nitrogens is 2. The molecular formula is C15H16F3N3O3. The molecule has 1 fully saturated rings. The van der Waals surface area contributed by atoms with Crippen molar-refractivity contribution in [1.82, 2.24) is 14.7 Å². The zero-order chi connectivity index (χ0) is 17.3. The molecule has 0 spiro atoms. The molecule has 0 aromatic carbocycles. The minimum atomic E-state index is -4.42. The van der Waals surface area contributed by atoms with Gasteiger partial charge in [0.05, 0.1) is 18.2 Å². The van der Waals surface area contributed by atoms with Crippen LogP contribution in [0.1, 0.15) is 40.7 Å². The van der Waals surface area contributed by atoms with Gasteiger partial charge in [-0.25, -0.2) is 4.79 Å². The highest BCUT2D eigenvalue weighted by Crippen LogP contribution is 2.29. The summed E-state index contributed by atoms with van der Waals surface area (Å²) in [5, 5.41) is 12.5. The lowest BCUT2D eigenvalue weighted by molar-refractivity contribution is -0.141. The third-order valence-corrected chi connectivity index (χ3v) is 4.11. The van der Waals surface area contributed by atoms with Gasteiger partial charge >= 0.3 is 12.1 Å². The molecule has 1 aliphatic rings. The number of rotatable bonds is 4. The van der Waals surface area contributed by atoms with Crippen LogP contribution in [0.3, 0.4) is 0 Å². The largest absolute Gasteiger partial charge is 0.478 e. The van der Waals surface area contributed by atoms with Crippen LogP contribution in [-0.4, -0.2) is 38.8 Å². The SMILES string of the molecule is O=C(O)c1coc(CN2CCC(n3ccc(C(F)(F)F)n3)CC2)c1. The summed E-state index contributed by atoms with van der Waals surface area (Å²) in [7, 11) is 0. The zero-order valence-corrected chi connectivity index (χ0v) is 12.7. The van der Waals surface area contributed by atoms with Crippen molar-refractivity contribution in [2.75, 3.05) is 13.1 Å². The van der Waals surface area contributed by atoms with Crippen LogP contribution in [0.5, 0.6) is 0 Å². The predicted molar refractivity (Wildman–Crippen MR) is 76.4 cm³/mol. The Morgan fingerprint density at radius 3 is 2.62 bits per heavy atom. The van der Waals surface area contributed by atoms with Crippen LogP contribution in [0, 0.1) is 0 Å². The summed E-state index contributed by atoms with van der Waals surface area (Å²) in [5.41, 5.74) is -0.766. The maximum absolute atomic E-state index is 12.6. The molecule has 24 heavy (non-hydrogen) atoms.